The summed E-state index contributed by atoms with van der Waals surface area (Å²) in [6.45, 7) is 4.38. The van der Waals surface area contributed by atoms with Crippen LogP contribution in [-0.2, 0) is 0 Å². The third kappa shape index (κ3) is 4.28. The fourth-order valence-electron chi connectivity index (χ4n) is 2.25. The second kappa shape index (κ2) is 6.23. The molecule has 0 saturated heterocycles. The van der Waals surface area contributed by atoms with Crippen LogP contribution in [-0.4, -0.2) is 6.04 Å². The van der Waals surface area contributed by atoms with Gasteiger partial charge in [-0.15, -0.1) is 0 Å². The fraction of sp³-hybridized carbons (Fsp3) is 0.846. The molecular weight excluding hydrogens is 170 g/mol. The SMILES string of the molecule is CCCC1=CCC(CC[C@H](C)N)CC1. The molecule has 1 unspecified atom stereocenters. The first-order valence-electron chi connectivity index (χ1n) is 6.15. The molecule has 1 aliphatic rings. The number of hydrogen-bond donors (Lipinski definition) is 1. The van der Waals surface area contributed by atoms with E-state index < -0.39 is 0 Å². The lowest BCUT2D eigenvalue weighted by Gasteiger charge is -2.22. The molecular formula is C13H25N. The van der Waals surface area contributed by atoms with E-state index in [1.54, 1.807) is 5.57 Å². The van der Waals surface area contributed by atoms with Gasteiger partial charge in [0.2, 0.25) is 0 Å². The smallest absolute Gasteiger partial charge is 0.00105 e. The zero-order valence-electron chi connectivity index (χ0n) is 9.76. The minimum absolute atomic E-state index is 0.385. The van der Waals surface area contributed by atoms with Crippen molar-refractivity contribution in [2.24, 2.45) is 11.7 Å². The largest absolute Gasteiger partial charge is 0.328 e. The molecule has 1 rings (SSSR count). The molecule has 1 aliphatic carbocycles. The van der Waals surface area contributed by atoms with E-state index in [0.29, 0.717) is 6.04 Å². The molecule has 0 radical (unpaired) electrons. The average molecular weight is 195 g/mol. The Balaban J connectivity index is 2.21. The summed E-state index contributed by atoms with van der Waals surface area (Å²) in [4.78, 5) is 0. The molecule has 0 saturated carbocycles. The van der Waals surface area contributed by atoms with Gasteiger partial charge in [0.15, 0.2) is 0 Å². The van der Waals surface area contributed by atoms with Crippen LogP contribution in [0.5, 0.6) is 0 Å². The Morgan fingerprint density at radius 1 is 1.57 bits per heavy atom. The molecule has 0 amide bonds. The molecule has 0 heterocycles. The van der Waals surface area contributed by atoms with Crippen molar-refractivity contribution >= 4 is 0 Å². The first-order valence-corrected chi connectivity index (χ1v) is 6.15. The van der Waals surface area contributed by atoms with Gasteiger partial charge in [-0.05, 0) is 51.4 Å². The molecule has 0 aromatic heterocycles. The molecule has 0 aliphatic heterocycles. The second-order valence-corrected chi connectivity index (χ2v) is 4.81. The van der Waals surface area contributed by atoms with Crippen LogP contribution in [0.15, 0.2) is 11.6 Å². The minimum Gasteiger partial charge on any atom is -0.328 e. The van der Waals surface area contributed by atoms with Crippen LogP contribution in [0.3, 0.4) is 0 Å². The summed E-state index contributed by atoms with van der Waals surface area (Å²) >= 11 is 0. The van der Waals surface area contributed by atoms with Gasteiger partial charge in [0, 0.05) is 6.04 Å². The van der Waals surface area contributed by atoms with Gasteiger partial charge in [-0.25, -0.2) is 0 Å². The van der Waals surface area contributed by atoms with Gasteiger partial charge >= 0.3 is 0 Å². The normalized spacial score (nSPS) is 24.5. The Bertz CT molecular complexity index is 182. The molecule has 1 nitrogen and oxygen atoms in total. The topological polar surface area (TPSA) is 26.0 Å². The first kappa shape index (κ1) is 11.8. The predicted octanol–water partition coefficient (Wildman–Crippen LogP) is 3.64. The monoisotopic (exact) mass is 195 g/mol. The van der Waals surface area contributed by atoms with Crippen molar-refractivity contribution in [2.45, 2.75) is 64.8 Å². The quantitative estimate of drug-likeness (QED) is 0.666. The number of rotatable bonds is 5. The lowest BCUT2D eigenvalue weighted by molar-refractivity contribution is 0.405. The number of hydrogen-bond acceptors (Lipinski definition) is 1. The van der Waals surface area contributed by atoms with Crippen molar-refractivity contribution in [3.8, 4) is 0 Å². The molecule has 0 fully saturated rings. The van der Waals surface area contributed by atoms with Crippen LogP contribution in [0.2, 0.25) is 0 Å². The lowest BCUT2D eigenvalue weighted by Crippen LogP contribution is -2.17. The van der Waals surface area contributed by atoms with E-state index >= 15 is 0 Å². The number of allylic oxidation sites excluding steroid dienone is 2. The molecule has 0 aromatic rings. The maximum absolute atomic E-state index is 5.77. The van der Waals surface area contributed by atoms with Crippen molar-refractivity contribution in [2.75, 3.05) is 0 Å². The Morgan fingerprint density at radius 2 is 2.36 bits per heavy atom. The van der Waals surface area contributed by atoms with E-state index in [4.69, 9.17) is 5.73 Å². The Labute approximate surface area is 88.8 Å². The van der Waals surface area contributed by atoms with Crippen molar-refractivity contribution in [3.63, 3.8) is 0 Å². The van der Waals surface area contributed by atoms with Crippen LogP contribution >= 0.6 is 0 Å². The van der Waals surface area contributed by atoms with Gasteiger partial charge in [-0.3, -0.25) is 0 Å². The first-order chi connectivity index (χ1) is 6.72. The zero-order chi connectivity index (χ0) is 10.4. The van der Waals surface area contributed by atoms with E-state index in [0.717, 1.165) is 5.92 Å². The molecule has 2 atom stereocenters. The van der Waals surface area contributed by atoms with E-state index in [-0.39, 0.29) is 0 Å². The van der Waals surface area contributed by atoms with Gasteiger partial charge in [-0.1, -0.05) is 25.0 Å². The van der Waals surface area contributed by atoms with Crippen LogP contribution in [0, 0.1) is 5.92 Å². The van der Waals surface area contributed by atoms with Gasteiger partial charge < -0.3 is 5.73 Å². The average Bonchev–Trinajstić information content (AvgIpc) is 2.17. The van der Waals surface area contributed by atoms with Gasteiger partial charge in [0.1, 0.15) is 0 Å². The Morgan fingerprint density at radius 3 is 2.86 bits per heavy atom. The molecule has 82 valence electrons. The zero-order valence-corrected chi connectivity index (χ0v) is 9.76. The molecule has 1 heteroatoms. The Hall–Kier alpha value is -0.300. The van der Waals surface area contributed by atoms with E-state index in [9.17, 15) is 0 Å². The third-order valence-corrected chi connectivity index (χ3v) is 3.21. The Kier molecular flexibility index (Phi) is 5.24. The highest BCUT2D eigenvalue weighted by Gasteiger charge is 2.14. The van der Waals surface area contributed by atoms with Crippen molar-refractivity contribution in [1.82, 2.24) is 0 Å². The maximum Gasteiger partial charge on any atom is 0.00105 e. The summed E-state index contributed by atoms with van der Waals surface area (Å²) in [5.74, 6) is 0.918. The van der Waals surface area contributed by atoms with E-state index in [1.165, 1.54) is 44.9 Å². The van der Waals surface area contributed by atoms with Crippen molar-refractivity contribution in [1.29, 1.82) is 0 Å². The lowest BCUT2D eigenvalue weighted by atomic mass is 9.84. The predicted molar refractivity (Wildman–Crippen MR) is 63.2 cm³/mol. The number of nitrogens with two attached hydrogens (primary N) is 1. The minimum atomic E-state index is 0.385. The molecule has 0 bridgehead atoms. The highest BCUT2D eigenvalue weighted by atomic mass is 14.6. The van der Waals surface area contributed by atoms with E-state index in [1.807, 2.05) is 0 Å². The highest BCUT2D eigenvalue weighted by Crippen LogP contribution is 2.29. The summed E-state index contributed by atoms with van der Waals surface area (Å²) in [6.07, 6.45) is 11.7. The molecule has 2 N–H and O–H groups in total. The summed E-state index contributed by atoms with van der Waals surface area (Å²) in [7, 11) is 0. The van der Waals surface area contributed by atoms with Gasteiger partial charge in [0.25, 0.3) is 0 Å². The standard InChI is InChI=1S/C13H25N/c1-3-4-12-7-9-13(10-8-12)6-5-11(2)14/h7,11,13H,3-6,8-10,14H2,1-2H3/t11-,13?/m0/s1. The van der Waals surface area contributed by atoms with Crippen LogP contribution in [0.25, 0.3) is 0 Å². The molecule has 14 heavy (non-hydrogen) atoms. The van der Waals surface area contributed by atoms with Crippen molar-refractivity contribution in [3.05, 3.63) is 11.6 Å². The summed E-state index contributed by atoms with van der Waals surface area (Å²) in [5.41, 5.74) is 7.47. The summed E-state index contributed by atoms with van der Waals surface area (Å²) in [5, 5.41) is 0. The molecule has 0 spiro atoms. The van der Waals surface area contributed by atoms with E-state index in [2.05, 4.69) is 19.9 Å². The summed E-state index contributed by atoms with van der Waals surface area (Å²) in [6, 6.07) is 0.385. The van der Waals surface area contributed by atoms with Gasteiger partial charge in [-0.2, -0.15) is 0 Å². The third-order valence-electron chi connectivity index (χ3n) is 3.21. The molecule has 0 aromatic carbocycles. The van der Waals surface area contributed by atoms with Gasteiger partial charge in [0.05, 0.1) is 0 Å². The fourth-order valence-corrected chi connectivity index (χ4v) is 2.25. The summed E-state index contributed by atoms with van der Waals surface area (Å²) < 4.78 is 0. The van der Waals surface area contributed by atoms with Crippen LogP contribution in [0.4, 0.5) is 0 Å². The second-order valence-electron chi connectivity index (χ2n) is 4.81. The van der Waals surface area contributed by atoms with Crippen LogP contribution < -0.4 is 5.73 Å². The van der Waals surface area contributed by atoms with Crippen molar-refractivity contribution < 1.29 is 0 Å². The van der Waals surface area contributed by atoms with Crippen LogP contribution in [0.1, 0.15) is 58.8 Å². The maximum atomic E-state index is 5.77. The highest BCUT2D eigenvalue weighted by molar-refractivity contribution is 5.06.